The molecule has 0 bridgehead atoms. The standard InChI is InChI=1S/C37H52N4O7/c1-5-8-11-21-30(24-33(43)39-48-26-29-19-14-10-15-20-29)36(45)41-31(35(44)38-34(27(4)6-2)32(42)7-3)22-16-23-40(41)37(46)47-25-28-17-12-9-13-18-28/h9-10,12-15,17-20,27,30-31,34H,5-8,11,16,21-26H2,1-4H3,(H,38,44)(H,39,43)/t27-,30-,31+,34-/m1/s1. The van der Waals surface area contributed by atoms with Crippen LogP contribution in [0.15, 0.2) is 60.7 Å². The van der Waals surface area contributed by atoms with Crippen LogP contribution in [0.2, 0.25) is 0 Å². The van der Waals surface area contributed by atoms with Crippen molar-refractivity contribution in [3.63, 3.8) is 0 Å². The van der Waals surface area contributed by atoms with Crippen molar-refractivity contribution >= 4 is 29.6 Å². The molecule has 1 heterocycles. The first-order chi connectivity index (χ1) is 23.2. The Balaban J connectivity index is 1.87. The van der Waals surface area contributed by atoms with Crippen molar-refractivity contribution in [3.05, 3.63) is 71.8 Å². The Kier molecular flexibility index (Phi) is 16.1. The molecule has 3 rings (SSSR count). The normalized spacial score (nSPS) is 16.4. The second-order valence-electron chi connectivity index (χ2n) is 12.4. The number of ether oxygens (including phenoxy) is 1. The van der Waals surface area contributed by atoms with Crippen LogP contribution in [-0.4, -0.2) is 58.2 Å². The molecule has 0 radical (unpaired) electrons. The Morgan fingerprint density at radius 3 is 2.15 bits per heavy atom. The lowest BCUT2D eigenvalue weighted by atomic mass is 9.92. The molecule has 11 heteroatoms. The molecule has 1 aliphatic rings. The third-order valence-electron chi connectivity index (χ3n) is 8.76. The number of nitrogens with zero attached hydrogens (tertiary/aromatic N) is 2. The highest BCUT2D eigenvalue weighted by Crippen LogP contribution is 2.27. The minimum absolute atomic E-state index is 0.0166. The number of hydroxylamine groups is 1. The quantitative estimate of drug-likeness (QED) is 0.150. The zero-order valence-electron chi connectivity index (χ0n) is 28.8. The van der Waals surface area contributed by atoms with Crippen molar-refractivity contribution in [2.45, 2.75) is 111 Å². The molecule has 11 nitrogen and oxygen atoms in total. The minimum atomic E-state index is -1.07. The average Bonchev–Trinajstić information content (AvgIpc) is 3.12. The topological polar surface area (TPSA) is 134 Å². The lowest BCUT2D eigenvalue weighted by Gasteiger charge is -2.44. The predicted octanol–water partition coefficient (Wildman–Crippen LogP) is 5.88. The molecule has 0 aromatic heterocycles. The van der Waals surface area contributed by atoms with Gasteiger partial charge in [0.25, 0.3) is 0 Å². The Labute approximate surface area is 284 Å². The van der Waals surface area contributed by atoms with Crippen LogP contribution in [0.25, 0.3) is 0 Å². The molecule has 4 atom stereocenters. The molecule has 2 aromatic carbocycles. The molecule has 1 saturated heterocycles. The maximum absolute atomic E-state index is 14.5. The fourth-order valence-electron chi connectivity index (χ4n) is 5.75. The van der Waals surface area contributed by atoms with Gasteiger partial charge >= 0.3 is 6.09 Å². The molecular weight excluding hydrogens is 612 g/mol. The summed E-state index contributed by atoms with van der Waals surface area (Å²) in [4.78, 5) is 73.4. The summed E-state index contributed by atoms with van der Waals surface area (Å²) >= 11 is 0. The number of amides is 4. The van der Waals surface area contributed by atoms with E-state index in [0.717, 1.165) is 24.0 Å². The third-order valence-corrected chi connectivity index (χ3v) is 8.76. The molecule has 48 heavy (non-hydrogen) atoms. The van der Waals surface area contributed by atoms with Crippen LogP contribution in [0, 0.1) is 11.8 Å². The van der Waals surface area contributed by atoms with Gasteiger partial charge < -0.3 is 10.1 Å². The average molecular weight is 665 g/mol. The number of unbranched alkanes of at least 4 members (excludes halogenated alkanes) is 2. The first kappa shape index (κ1) is 38.2. The van der Waals surface area contributed by atoms with Gasteiger partial charge in [-0.25, -0.2) is 20.3 Å². The molecule has 2 aromatic rings. The third kappa shape index (κ3) is 11.5. The summed E-state index contributed by atoms with van der Waals surface area (Å²) in [6, 6.07) is 16.7. The molecule has 0 unspecified atom stereocenters. The maximum Gasteiger partial charge on any atom is 0.429 e. The van der Waals surface area contributed by atoms with E-state index < -0.39 is 41.8 Å². The van der Waals surface area contributed by atoms with Gasteiger partial charge in [-0.05, 0) is 36.3 Å². The summed E-state index contributed by atoms with van der Waals surface area (Å²) in [6.07, 6.45) is 3.48. The predicted molar refractivity (Wildman–Crippen MR) is 182 cm³/mol. The smallest absolute Gasteiger partial charge is 0.429 e. The van der Waals surface area contributed by atoms with Crippen molar-refractivity contribution in [2.24, 2.45) is 11.8 Å². The van der Waals surface area contributed by atoms with Crippen molar-refractivity contribution in [2.75, 3.05) is 6.54 Å². The lowest BCUT2D eigenvalue weighted by Crippen LogP contribution is -2.64. The number of hydrazine groups is 1. The van der Waals surface area contributed by atoms with Crippen LogP contribution in [0.4, 0.5) is 4.79 Å². The van der Waals surface area contributed by atoms with Crippen LogP contribution < -0.4 is 10.8 Å². The summed E-state index contributed by atoms with van der Waals surface area (Å²) in [6.45, 7) is 7.93. The summed E-state index contributed by atoms with van der Waals surface area (Å²) < 4.78 is 5.63. The van der Waals surface area contributed by atoms with E-state index in [0.29, 0.717) is 25.7 Å². The van der Waals surface area contributed by atoms with Crippen molar-refractivity contribution in [1.29, 1.82) is 0 Å². The molecule has 1 fully saturated rings. The number of Topliss-reactive ketones (excluding diaryl/α,β-unsaturated/α-hetero) is 1. The highest BCUT2D eigenvalue weighted by Gasteiger charge is 2.44. The van der Waals surface area contributed by atoms with E-state index in [4.69, 9.17) is 9.57 Å². The number of hydrogen-bond acceptors (Lipinski definition) is 7. The second-order valence-corrected chi connectivity index (χ2v) is 12.4. The molecule has 0 spiro atoms. The minimum Gasteiger partial charge on any atom is -0.443 e. The number of rotatable bonds is 18. The van der Waals surface area contributed by atoms with Gasteiger partial charge in [0.1, 0.15) is 12.6 Å². The number of benzene rings is 2. The van der Waals surface area contributed by atoms with E-state index in [2.05, 4.69) is 10.8 Å². The van der Waals surface area contributed by atoms with Crippen molar-refractivity contribution in [1.82, 2.24) is 20.8 Å². The lowest BCUT2D eigenvalue weighted by molar-refractivity contribution is -0.169. The van der Waals surface area contributed by atoms with E-state index in [1.54, 1.807) is 6.92 Å². The van der Waals surface area contributed by atoms with Gasteiger partial charge in [-0.2, -0.15) is 0 Å². The van der Waals surface area contributed by atoms with Crippen LogP contribution in [0.3, 0.4) is 0 Å². The van der Waals surface area contributed by atoms with Crippen LogP contribution in [0.5, 0.6) is 0 Å². The van der Waals surface area contributed by atoms with Gasteiger partial charge in [0.05, 0.1) is 12.6 Å². The SMILES string of the molecule is CCCCC[C@H](CC(=O)NOCc1ccccc1)C(=O)N1[C@H](C(=O)N[C@@H](C(=O)CC)[C@H](C)CC)CCCN1C(=O)OCc1ccccc1. The van der Waals surface area contributed by atoms with Gasteiger partial charge in [0.2, 0.25) is 17.7 Å². The molecule has 2 N–H and O–H groups in total. The first-order valence-electron chi connectivity index (χ1n) is 17.3. The van der Waals surface area contributed by atoms with Gasteiger partial charge in [0.15, 0.2) is 5.78 Å². The molecule has 262 valence electrons. The zero-order valence-corrected chi connectivity index (χ0v) is 28.8. The fraction of sp³-hybridized carbons (Fsp3) is 0.541. The van der Waals surface area contributed by atoms with Crippen LogP contribution in [0.1, 0.15) is 96.6 Å². The molecule has 0 aliphatic carbocycles. The van der Waals surface area contributed by atoms with Crippen LogP contribution in [-0.2, 0) is 42.0 Å². The summed E-state index contributed by atoms with van der Waals surface area (Å²) in [5.74, 6) is -2.58. The largest absolute Gasteiger partial charge is 0.443 e. The second kappa shape index (κ2) is 20.2. The maximum atomic E-state index is 14.5. The Morgan fingerprint density at radius 2 is 1.54 bits per heavy atom. The van der Waals surface area contributed by atoms with Gasteiger partial charge in [-0.3, -0.25) is 24.0 Å². The van der Waals surface area contributed by atoms with E-state index in [9.17, 15) is 24.0 Å². The van der Waals surface area contributed by atoms with Gasteiger partial charge in [-0.1, -0.05) is 114 Å². The number of carbonyl (C=O) groups excluding carboxylic acids is 5. The highest BCUT2D eigenvalue weighted by atomic mass is 16.6. The Bertz CT molecular complexity index is 1320. The molecular formula is C37H52N4O7. The summed E-state index contributed by atoms with van der Waals surface area (Å²) in [5, 5.41) is 5.28. The van der Waals surface area contributed by atoms with E-state index in [-0.39, 0.29) is 50.7 Å². The summed E-state index contributed by atoms with van der Waals surface area (Å²) in [5.41, 5.74) is 4.09. The Morgan fingerprint density at radius 1 is 0.896 bits per heavy atom. The molecule has 1 aliphatic heterocycles. The monoisotopic (exact) mass is 664 g/mol. The summed E-state index contributed by atoms with van der Waals surface area (Å²) in [7, 11) is 0. The van der Waals surface area contributed by atoms with E-state index in [1.165, 1.54) is 10.0 Å². The number of hydrogen-bond donors (Lipinski definition) is 2. The number of ketones is 1. The molecule has 0 saturated carbocycles. The zero-order chi connectivity index (χ0) is 34.9. The van der Waals surface area contributed by atoms with Crippen molar-refractivity contribution in [3.8, 4) is 0 Å². The fourth-order valence-corrected chi connectivity index (χ4v) is 5.75. The van der Waals surface area contributed by atoms with E-state index >= 15 is 0 Å². The number of nitrogens with one attached hydrogen (secondary N) is 2. The van der Waals surface area contributed by atoms with Gasteiger partial charge in [-0.15, -0.1) is 0 Å². The number of carbonyl (C=O) groups is 5. The first-order valence-corrected chi connectivity index (χ1v) is 17.3. The van der Waals surface area contributed by atoms with Crippen molar-refractivity contribution < 1.29 is 33.5 Å². The van der Waals surface area contributed by atoms with E-state index in [1.807, 2.05) is 81.4 Å². The van der Waals surface area contributed by atoms with Gasteiger partial charge in [0, 0.05) is 25.3 Å². The molecule has 4 amide bonds. The van der Waals surface area contributed by atoms with Crippen LogP contribution >= 0.6 is 0 Å². The highest BCUT2D eigenvalue weighted by molar-refractivity contribution is 5.94. The Hall–Kier alpha value is -4.25.